The highest BCUT2D eigenvalue weighted by molar-refractivity contribution is 7.89. The molecule has 1 N–H and O–H groups in total. The van der Waals surface area contributed by atoms with Crippen LogP contribution in [0.15, 0.2) is 29.4 Å². The molecule has 0 saturated carbocycles. The van der Waals surface area contributed by atoms with Crippen LogP contribution in [0.25, 0.3) is 10.2 Å². The number of rotatable bonds is 8. The highest BCUT2D eigenvalue weighted by Gasteiger charge is 2.27. The Kier molecular flexibility index (Phi) is 6.45. The molecule has 0 fully saturated rings. The van der Waals surface area contributed by atoms with Crippen LogP contribution in [0, 0.1) is 0 Å². The third kappa shape index (κ3) is 4.14. The lowest BCUT2D eigenvalue weighted by molar-refractivity contribution is 0.329. The third-order valence-corrected chi connectivity index (χ3v) is 8.85. The van der Waals surface area contributed by atoms with Gasteiger partial charge >= 0.3 is 0 Å². The average Bonchev–Trinajstić information content (AvgIpc) is 3.15. The molecule has 9 heteroatoms. The topological polar surface area (TPSA) is 84.4 Å². The van der Waals surface area contributed by atoms with E-state index in [-0.39, 0.29) is 4.90 Å². The molecule has 1 aliphatic rings. The number of thiophene rings is 1. The zero-order chi connectivity index (χ0) is 22.0. The lowest BCUT2D eigenvalue weighted by atomic mass is 9.97. The summed E-state index contributed by atoms with van der Waals surface area (Å²) in [6.07, 6.45) is 6.06. The van der Waals surface area contributed by atoms with Gasteiger partial charge in [-0.3, -0.25) is 0 Å². The van der Waals surface area contributed by atoms with Crippen molar-refractivity contribution in [3.63, 3.8) is 0 Å². The van der Waals surface area contributed by atoms with E-state index in [4.69, 9.17) is 4.74 Å². The van der Waals surface area contributed by atoms with Gasteiger partial charge < -0.3 is 10.1 Å². The van der Waals surface area contributed by atoms with E-state index in [0.29, 0.717) is 31.1 Å². The number of aromatic nitrogens is 2. The number of fused-ring (bicyclic) bond motifs is 3. The van der Waals surface area contributed by atoms with Gasteiger partial charge in [0.05, 0.1) is 12.0 Å². The van der Waals surface area contributed by atoms with Crippen LogP contribution in [0.1, 0.15) is 44.1 Å². The van der Waals surface area contributed by atoms with Crippen molar-refractivity contribution in [2.24, 2.45) is 0 Å². The Bertz CT molecular complexity index is 1190. The molecule has 3 aromatic rings. The van der Waals surface area contributed by atoms with E-state index in [1.54, 1.807) is 29.8 Å². The molecule has 0 amide bonds. The van der Waals surface area contributed by atoms with Crippen LogP contribution in [0.5, 0.6) is 5.75 Å². The predicted octanol–water partition coefficient (Wildman–Crippen LogP) is 4.74. The van der Waals surface area contributed by atoms with Crippen molar-refractivity contribution >= 4 is 43.1 Å². The number of benzene rings is 1. The predicted molar refractivity (Wildman–Crippen MR) is 125 cm³/mol. The second-order valence-electron chi connectivity index (χ2n) is 7.42. The first-order valence-electron chi connectivity index (χ1n) is 10.8. The van der Waals surface area contributed by atoms with Crippen LogP contribution in [0.2, 0.25) is 0 Å². The molecular formula is C22H28N4O3S2. The van der Waals surface area contributed by atoms with Crippen molar-refractivity contribution in [1.29, 1.82) is 0 Å². The normalized spacial score (nSPS) is 14.1. The lowest BCUT2D eigenvalue weighted by Crippen LogP contribution is -2.31. The Hall–Kier alpha value is -2.23. The van der Waals surface area contributed by atoms with Crippen LogP contribution >= 0.6 is 11.3 Å². The smallest absolute Gasteiger partial charge is 0.246 e. The molecule has 0 atom stereocenters. The molecule has 1 aliphatic carbocycles. The zero-order valence-electron chi connectivity index (χ0n) is 18.1. The van der Waals surface area contributed by atoms with E-state index < -0.39 is 10.0 Å². The van der Waals surface area contributed by atoms with E-state index in [1.165, 1.54) is 27.6 Å². The molecule has 166 valence electrons. The molecule has 2 heterocycles. The first kappa shape index (κ1) is 22.0. The largest absolute Gasteiger partial charge is 0.492 e. The van der Waals surface area contributed by atoms with Crippen molar-refractivity contribution in [3.8, 4) is 5.75 Å². The van der Waals surface area contributed by atoms with Gasteiger partial charge in [-0.2, -0.15) is 4.31 Å². The van der Waals surface area contributed by atoms with Gasteiger partial charge in [-0.1, -0.05) is 13.8 Å². The van der Waals surface area contributed by atoms with Gasteiger partial charge in [-0.15, -0.1) is 11.3 Å². The quantitative estimate of drug-likeness (QED) is 0.523. The minimum Gasteiger partial charge on any atom is -0.492 e. The summed E-state index contributed by atoms with van der Waals surface area (Å²) < 4.78 is 33.6. The lowest BCUT2D eigenvalue weighted by Gasteiger charge is -2.21. The number of ether oxygens (including phenoxy) is 1. The molecule has 0 saturated heterocycles. The molecule has 0 radical (unpaired) electrons. The number of sulfonamides is 1. The monoisotopic (exact) mass is 460 g/mol. The van der Waals surface area contributed by atoms with Crippen LogP contribution in [-0.4, -0.2) is 42.4 Å². The first-order valence-corrected chi connectivity index (χ1v) is 13.0. The van der Waals surface area contributed by atoms with Crippen LogP contribution < -0.4 is 10.1 Å². The Morgan fingerprint density at radius 3 is 2.65 bits per heavy atom. The van der Waals surface area contributed by atoms with Gasteiger partial charge in [-0.25, -0.2) is 18.4 Å². The Morgan fingerprint density at radius 2 is 1.90 bits per heavy atom. The molecule has 0 bridgehead atoms. The molecule has 2 aromatic heterocycles. The summed E-state index contributed by atoms with van der Waals surface area (Å²) in [6.45, 7) is 6.70. The number of aryl methyl sites for hydroxylation is 2. The summed E-state index contributed by atoms with van der Waals surface area (Å²) >= 11 is 1.74. The van der Waals surface area contributed by atoms with Gasteiger partial charge in [0, 0.05) is 23.7 Å². The van der Waals surface area contributed by atoms with Gasteiger partial charge in [0.25, 0.3) is 0 Å². The third-order valence-electron chi connectivity index (χ3n) is 5.58. The number of hydrogen-bond donors (Lipinski definition) is 1. The fourth-order valence-corrected chi connectivity index (χ4v) is 6.93. The number of hydrogen-bond acceptors (Lipinski definition) is 7. The zero-order valence-corrected chi connectivity index (χ0v) is 19.8. The summed E-state index contributed by atoms with van der Waals surface area (Å²) in [5, 5.41) is 4.42. The van der Waals surface area contributed by atoms with Crippen molar-refractivity contribution in [2.45, 2.75) is 51.3 Å². The molecule has 0 unspecified atom stereocenters. The molecule has 1 aromatic carbocycles. The van der Waals surface area contributed by atoms with Gasteiger partial charge in [0.1, 0.15) is 27.6 Å². The molecule has 0 spiro atoms. The summed E-state index contributed by atoms with van der Waals surface area (Å²) in [5.74, 6) is 1.08. The molecule has 0 aliphatic heterocycles. The fourth-order valence-electron chi connectivity index (χ4n) is 4.09. The SMILES string of the molecule is CCOc1ccc(Nc2ncnc3sc4c(c23)CCCC4)cc1S(=O)(=O)N(CC)CC. The summed E-state index contributed by atoms with van der Waals surface area (Å²) in [7, 11) is -3.68. The number of nitrogens with zero attached hydrogens (tertiary/aromatic N) is 3. The van der Waals surface area contributed by atoms with Crippen LogP contribution in [0.4, 0.5) is 11.5 Å². The van der Waals surface area contributed by atoms with Crippen LogP contribution in [0.3, 0.4) is 0 Å². The standard InChI is InChI=1S/C22H28N4O3S2/c1-4-26(5-2)31(27,28)19-13-15(11-12-17(19)29-6-3)25-21-20-16-9-7-8-10-18(16)30-22(20)24-14-23-21/h11-14H,4-10H2,1-3H3,(H,23,24,25). The van der Waals surface area contributed by atoms with Gasteiger partial charge in [0.15, 0.2) is 0 Å². The fraction of sp³-hybridized carbons (Fsp3) is 0.455. The van der Waals surface area contributed by atoms with Gasteiger partial charge in [0.2, 0.25) is 10.0 Å². The van der Waals surface area contributed by atoms with Crippen molar-refractivity contribution in [2.75, 3.05) is 25.0 Å². The molecular weight excluding hydrogens is 432 g/mol. The highest BCUT2D eigenvalue weighted by atomic mass is 32.2. The maximum absolute atomic E-state index is 13.3. The molecule has 4 rings (SSSR count). The van der Waals surface area contributed by atoms with E-state index in [9.17, 15) is 8.42 Å². The summed E-state index contributed by atoms with van der Waals surface area (Å²) in [6, 6.07) is 5.19. The minimum atomic E-state index is -3.68. The minimum absolute atomic E-state index is 0.167. The van der Waals surface area contributed by atoms with Crippen LogP contribution in [-0.2, 0) is 22.9 Å². The number of anilines is 2. The second kappa shape index (κ2) is 9.10. The summed E-state index contributed by atoms with van der Waals surface area (Å²) in [4.78, 5) is 11.5. The Labute approximate surface area is 187 Å². The maximum atomic E-state index is 13.3. The van der Waals surface area contributed by atoms with Crippen molar-refractivity contribution < 1.29 is 13.2 Å². The molecule has 31 heavy (non-hydrogen) atoms. The average molecular weight is 461 g/mol. The highest BCUT2D eigenvalue weighted by Crippen LogP contribution is 2.39. The maximum Gasteiger partial charge on any atom is 0.246 e. The van der Waals surface area contributed by atoms with Crippen molar-refractivity contribution in [3.05, 3.63) is 35.0 Å². The Morgan fingerprint density at radius 1 is 1.13 bits per heavy atom. The second-order valence-corrected chi connectivity index (χ2v) is 10.4. The van der Waals surface area contributed by atoms with E-state index >= 15 is 0 Å². The Balaban J connectivity index is 1.77. The van der Waals surface area contributed by atoms with E-state index in [1.807, 2.05) is 26.8 Å². The number of nitrogens with one attached hydrogen (secondary N) is 1. The van der Waals surface area contributed by atoms with Crippen molar-refractivity contribution in [1.82, 2.24) is 14.3 Å². The van der Waals surface area contributed by atoms with E-state index in [2.05, 4.69) is 15.3 Å². The van der Waals surface area contributed by atoms with Gasteiger partial charge in [-0.05, 0) is 56.4 Å². The molecule has 7 nitrogen and oxygen atoms in total. The summed E-state index contributed by atoms with van der Waals surface area (Å²) in [5.41, 5.74) is 1.99. The first-order chi connectivity index (χ1) is 15.0. The van der Waals surface area contributed by atoms with E-state index in [0.717, 1.165) is 28.9 Å².